The Morgan fingerprint density at radius 3 is 2.45 bits per heavy atom. The van der Waals surface area contributed by atoms with E-state index in [0.29, 0.717) is 0 Å². The summed E-state index contributed by atoms with van der Waals surface area (Å²) in [7, 11) is -4.06. The minimum absolute atomic E-state index is 0.00974. The molecule has 2 rings (SSSR count). The van der Waals surface area contributed by atoms with Gasteiger partial charge < -0.3 is 9.47 Å². The van der Waals surface area contributed by atoms with Crippen LogP contribution < -0.4 is 15.6 Å². The highest BCUT2D eigenvalue weighted by Crippen LogP contribution is 2.28. The number of halogens is 3. The van der Waals surface area contributed by atoms with E-state index >= 15 is 0 Å². The van der Waals surface area contributed by atoms with Gasteiger partial charge in [0, 0.05) is 25.1 Å². The monoisotopic (exact) mass is 439 g/mol. The third kappa shape index (κ3) is 6.49. The lowest BCUT2D eigenvalue weighted by Crippen LogP contribution is -2.48. The van der Waals surface area contributed by atoms with Crippen molar-refractivity contribution >= 4 is 22.0 Å². The van der Waals surface area contributed by atoms with Crippen LogP contribution in [0, 0.1) is 5.92 Å². The Kier molecular flexibility index (Phi) is 7.30. The first-order valence-corrected chi connectivity index (χ1v) is 10.1. The lowest BCUT2D eigenvalue weighted by atomic mass is 9.98. The van der Waals surface area contributed by atoms with Crippen molar-refractivity contribution in [3.8, 4) is 5.75 Å². The molecule has 1 heterocycles. The largest absolute Gasteiger partial charge is 0.573 e. The molecule has 29 heavy (non-hydrogen) atoms. The zero-order chi connectivity index (χ0) is 21.7. The second-order valence-corrected chi connectivity index (χ2v) is 7.97. The zero-order valence-corrected chi connectivity index (χ0v) is 16.2. The van der Waals surface area contributed by atoms with E-state index in [9.17, 15) is 31.2 Å². The molecule has 2 N–H and O–H groups in total. The smallest absolute Gasteiger partial charge is 0.449 e. The Hall–Kier alpha value is -2.54. The molecule has 0 radical (unpaired) electrons. The van der Waals surface area contributed by atoms with Crippen LogP contribution in [0.4, 0.5) is 18.0 Å². The average molecular weight is 439 g/mol. The lowest BCUT2D eigenvalue weighted by Gasteiger charge is -2.30. The van der Waals surface area contributed by atoms with Gasteiger partial charge in [-0.15, -0.1) is 13.2 Å². The van der Waals surface area contributed by atoms with E-state index in [1.54, 1.807) is 6.92 Å². The molecule has 13 heteroatoms. The first kappa shape index (κ1) is 22.7. The van der Waals surface area contributed by atoms with Crippen molar-refractivity contribution in [3.05, 3.63) is 24.3 Å². The molecule has 1 saturated heterocycles. The Bertz CT molecular complexity index is 839. The fraction of sp³-hybridized carbons (Fsp3) is 0.500. The normalized spacial score (nSPS) is 16.1. The summed E-state index contributed by atoms with van der Waals surface area (Å²) >= 11 is 0. The van der Waals surface area contributed by atoms with Crippen LogP contribution >= 0.6 is 0 Å². The van der Waals surface area contributed by atoms with Crippen LogP contribution in [0.25, 0.3) is 0 Å². The zero-order valence-electron chi connectivity index (χ0n) is 15.4. The highest BCUT2D eigenvalue weighted by atomic mass is 32.2. The van der Waals surface area contributed by atoms with Crippen LogP contribution in [0.15, 0.2) is 29.2 Å². The van der Waals surface area contributed by atoms with Gasteiger partial charge in [-0.1, -0.05) is 6.07 Å². The van der Waals surface area contributed by atoms with Crippen LogP contribution in [-0.4, -0.2) is 50.8 Å². The number of rotatable bonds is 5. The number of carbonyl (C=O) groups excluding carboxylic acids is 2. The maximum absolute atomic E-state index is 12.7. The van der Waals surface area contributed by atoms with Crippen molar-refractivity contribution < 1.29 is 40.7 Å². The summed E-state index contributed by atoms with van der Waals surface area (Å²) in [6.07, 6.45) is -5.41. The number of sulfonamides is 1. The number of amides is 2. The highest BCUT2D eigenvalue weighted by Gasteiger charge is 2.34. The van der Waals surface area contributed by atoms with E-state index in [-0.39, 0.29) is 37.4 Å². The molecule has 1 aliphatic heterocycles. The molecule has 0 atom stereocenters. The summed E-state index contributed by atoms with van der Waals surface area (Å²) in [6, 6.07) is 4.11. The molecule has 9 nitrogen and oxygen atoms in total. The van der Waals surface area contributed by atoms with Gasteiger partial charge in [-0.2, -0.15) is 4.31 Å². The quantitative estimate of drug-likeness (QED) is 0.676. The third-order valence-electron chi connectivity index (χ3n) is 4.06. The van der Waals surface area contributed by atoms with E-state index in [2.05, 4.69) is 20.3 Å². The number of hydrogen-bond donors (Lipinski definition) is 2. The van der Waals surface area contributed by atoms with E-state index in [4.69, 9.17) is 0 Å². The van der Waals surface area contributed by atoms with Gasteiger partial charge in [-0.25, -0.2) is 18.6 Å². The third-order valence-corrected chi connectivity index (χ3v) is 5.96. The molecule has 1 aliphatic rings. The molecule has 162 valence electrons. The second-order valence-electron chi connectivity index (χ2n) is 6.04. The SMILES string of the molecule is CCOC(=O)NNC(=O)C1CCN(S(=O)(=O)c2cccc(OC(F)(F)F)c2)CC1. The van der Waals surface area contributed by atoms with Crippen molar-refractivity contribution in [2.75, 3.05) is 19.7 Å². The van der Waals surface area contributed by atoms with E-state index in [0.717, 1.165) is 22.5 Å². The Morgan fingerprint density at radius 1 is 1.21 bits per heavy atom. The number of hydrogen-bond acceptors (Lipinski definition) is 6. The van der Waals surface area contributed by atoms with Crippen molar-refractivity contribution in [1.29, 1.82) is 0 Å². The topological polar surface area (TPSA) is 114 Å². The molecule has 1 aromatic carbocycles. The number of carbonyl (C=O) groups is 2. The predicted molar refractivity (Wildman–Crippen MR) is 92.9 cm³/mol. The van der Waals surface area contributed by atoms with Gasteiger partial charge in [0.25, 0.3) is 0 Å². The summed E-state index contributed by atoms with van der Waals surface area (Å²) < 4.78 is 71.8. The van der Waals surface area contributed by atoms with E-state index in [1.165, 1.54) is 6.07 Å². The molecule has 0 aromatic heterocycles. The van der Waals surface area contributed by atoms with Gasteiger partial charge in [0.2, 0.25) is 15.9 Å². The van der Waals surface area contributed by atoms with Gasteiger partial charge in [-0.3, -0.25) is 10.2 Å². The first-order valence-electron chi connectivity index (χ1n) is 8.61. The van der Waals surface area contributed by atoms with E-state index in [1.807, 2.05) is 0 Å². The average Bonchev–Trinajstić information content (AvgIpc) is 2.65. The Balaban J connectivity index is 1.97. The van der Waals surface area contributed by atoms with Crippen LogP contribution in [0.5, 0.6) is 5.75 Å². The molecular formula is C16H20F3N3O6S. The van der Waals surface area contributed by atoms with Crippen molar-refractivity contribution in [3.63, 3.8) is 0 Å². The molecular weight excluding hydrogens is 419 g/mol. The van der Waals surface area contributed by atoms with Gasteiger partial charge in [0.15, 0.2) is 0 Å². The standard InChI is InChI=1S/C16H20F3N3O6S/c1-2-27-15(24)21-20-14(23)11-6-8-22(9-7-11)29(25,26)13-5-3-4-12(10-13)28-16(17,18)19/h3-5,10-11H,2,6-9H2,1H3,(H,20,23)(H,21,24). The van der Waals surface area contributed by atoms with Gasteiger partial charge in [0.1, 0.15) is 5.75 Å². The number of benzene rings is 1. The Morgan fingerprint density at radius 2 is 1.86 bits per heavy atom. The number of nitrogens with zero attached hydrogens (tertiary/aromatic N) is 1. The minimum atomic E-state index is -4.94. The van der Waals surface area contributed by atoms with Gasteiger partial charge >= 0.3 is 12.5 Å². The Labute approximate surface area is 165 Å². The van der Waals surface area contributed by atoms with Crippen LogP contribution in [-0.2, 0) is 19.6 Å². The first-order chi connectivity index (χ1) is 13.5. The highest BCUT2D eigenvalue weighted by molar-refractivity contribution is 7.89. The van der Waals surface area contributed by atoms with E-state index < -0.39 is 40.1 Å². The number of piperidine rings is 1. The van der Waals surface area contributed by atoms with Crippen LogP contribution in [0.3, 0.4) is 0 Å². The molecule has 0 bridgehead atoms. The van der Waals surface area contributed by atoms with Gasteiger partial charge in [0.05, 0.1) is 11.5 Å². The predicted octanol–water partition coefficient (Wildman–Crippen LogP) is 1.76. The van der Waals surface area contributed by atoms with Crippen LogP contribution in [0.2, 0.25) is 0 Å². The number of alkyl halides is 3. The number of ether oxygens (including phenoxy) is 2. The summed E-state index contributed by atoms with van der Waals surface area (Å²) in [6.45, 7) is 1.71. The summed E-state index contributed by atoms with van der Waals surface area (Å²) in [5.41, 5.74) is 4.27. The molecule has 0 aliphatic carbocycles. The number of nitrogens with one attached hydrogen (secondary N) is 2. The molecule has 1 aromatic rings. The van der Waals surface area contributed by atoms with Crippen molar-refractivity contribution in [2.45, 2.75) is 31.0 Å². The molecule has 0 spiro atoms. The van der Waals surface area contributed by atoms with Crippen molar-refractivity contribution in [2.24, 2.45) is 5.92 Å². The summed E-state index contributed by atoms with van der Waals surface area (Å²) in [5.74, 6) is -1.67. The lowest BCUT2D eigenvalue weighted by molar-refractivity contribution is -0.274. The molecule has 0 saturated carbocycles. The van der Waals surface area contributed by atoms with Crippen molar-refractivity contribution in [1.82, 2.24) is 15.2 Å². The van der Waals surface area contributed by atoms with Gasteiger partial charge in [-0.05, 0) is 31.9 Å². The summed E-state index contributed by atoms with van der Waals surface area (Å²) in [4.78, 5) is 22.9. The molecule has 2 amide bonds. The fourth-order valence-corrected chi connectivity index (χ4v) is 4.23. The van der Waals surface area contributed by atoms with Crippen LogP contribution in [0.1, 0.15) is 19.8 Å². The minimum Gasteiger partial charge on any atom is -0.449 e. The summed E-state index contributed by atoms with van der Waals surface area (Å²) in [5, 5.41) is 0. The fourth-order valence-electron chi connectivity index (χ4n) is 2.72. The second kappa shape index (κ2) is 9.31. The molecule has 1 fully saturated rings. The maximum atomic E-state index is 12.7. The molecule has 0 unspecified atom stereocenters. The number of hydrazine groups is 1. The maximum Gasteiger partial charge on any atom is 0.573 e.